The number of carbonyl (C=O) groups excluding carboxylic acids is 1. The summed E-state index contributed by atoms with van der Waals surface area (Å²) in [6, 6.07) is 19.5. The van der Waals surface area contributed by atoms with Gasteiger partial charge >= 0.3 is 0 Å². The number of ether oxygens (including phenoxy) is 1. The van der Waals surface area contributed by atoms with Gasteiger partial charge in [-0.2, -0.15) is 4.31 Å². The van der Waals surface area contributed by atoms with Crippen LogP contribution in [0.3, 0.4) is 0 Å². The summed E-state index contributed by atoms with van der Waals surface area (Å²) in [6.45, 7) is 3.24. The van der Waals surface area contributed by atoms with E-state index in [0.29, 0.717) is 10.8 Å². The zero-order valence-corrected chi connectivity index (χ0v) is 17.6. The lowest BCUT2D eigenvalue weighted by Crippen LogP contribution is -2.40. The van der Waals surface area contributed by atoms with Gasteiger partial charge in [0.05, 0.1) is 10.6 Å². The molecule has 3 rings (SSSR count). The minimum atomic E-state index is -4.10. The molecule has 0 atom stereocenters. The Kier molecular flexibility index (Phi) is 6.25. The highest BCUT2D eigenvalue weighted by molar-refractivity contribution is 7.93. The zero-order valence-electron chi connectivity index (χ0n) is 16.0. The topological polar surface area (TPSA) is 63.7 Å². The molecule has 0 fully saturated rings. The number of aryl methyl sites for hydroxylation is 2. The highest BCUT2D eigenvalue weighted by Crippen LogP contribution is 2.26. The number of nitrogens with zero attached hydrogens (tertiary/aromatic N) is 1. The van der Waals surface area contributed by atoms with E-state index >= 15 is 0 Å². The minimum absolute atomic E-state index is 0.0246. The van der Waals surface area contributed by atoms with Crippen molar-refractivity contribution in [3.05, 3.63) is 88.9 Å². The van der Waals surface area contributed by atoms with Crippen molar-refractivity contribution in [2.45, 2.75) is 18.7 Å². The van der Waals surface area contributed by atoms with Crippen molar-refractivity contribution >= 4 is 33.2 Å². The lowest BCUT2D eigenvalue weighted by atomic mass is 10.2. The van der Waals surface area contributed by atoms with Crippen LogP contribution in [0.15, 0.2) is 77.7 Å². The van der Waals surface area contributed by atoms with Crippen LogP contribution in [-0.4, -0.2) is 20.9 Å². The molecule has 1 amide bonds. The molecule has 3 aromatic rings. The Bertz CT molecular complexity index is 1110. The van der Waals surface area contributed by atoms with Crippen molar-refractivity contribution in [1.29, 1.82) is 0 Å². The number of halogens is 1. The van der Waals surface area contributed by atoms with Crippen LogP contribution in [0.4, 0.5) is 5.69 Å². The van der Waals surface area contributed by atoms with Gasteiger partial charge in [-0.25, -0.2) is 8.42 Å². The fourth-order valence-electron chi connectivity index (χ4n) is 2.77. The molecular formula is C22H20ClNO4S. The molecule has 5 nitrogen and oxygen atoms in total. The highest BCUT2D eigenvalue weighted by atomic mass is 35.5. The number of rotatable bonds is 6. The number of anilines is 1. The van der Waals surface area contributed by atoms with E-state index in [4.69, 9.17) is 16.3 Å². The number of hydrogen-bond donors (Lipinski definition) is 0. The van der Waals surface area contributed by atoms with Gasteiger partial charge in [-0.05, 0) is 61.9 Å². The van der Waals surface area contributed by atoms with Crippen molar-refractivity contribution < 1.29 is 17.9 Å². The van der Waals surface area contributed by atoms with E-state index in [9.17, 15) is 13.2 Å². The number of benzene rings is 3. The monoisotopic (exact) mass is 429 g/mol. The van der Waals surface area contributed by atoms with E-state index in [-0.39, 0.29) is 10.6 Å². The summed E-state index contributed by atoms with van der Waals surface area (Å²) in [7, 11) is -4.10. The SMILES string of the molecule is Cc1ccc(N(C(=O)COc2ccc(Cl)cc2C)S(=O)(=O)c2ccccc2)cc1. The second-order valence-electron chi connectivity index (χ2n) is 6.51. The average molecular weight is 430 g/mol. The first-order valence-corrected chi connectivity index (χ1v) is 10.7. The normalized spacial score (nSPS) is 11.1. The first-order chi connectivity index (χ1) is 13.8. The van der Waals surface area contributed by atoms with E-state index in [1.807, 2.05) is 6.92 Å². The van der Waals surface area contributed by atoms with Gasteiger partial charge in [0.2, 0.25) is 0 Å². The van der Waals surface area contributed by atoms with Gasteiger partial charge in [-0.3, -0.25) is 4.79 Å². The molecule has 3 aromatic carbocycles. The van der Waals surface area contributed by atoms with E-state index in [1.54, 1.807) is 67.6 Å². The summed E-state index contributed by atoms with van der Waals surface area (Å²) < 4.78 is 32.8. The fourth-order valence-corrected chi connectivity index (χ4v) is 4.43. The number of carbonyl (C=O) groups is 1. The Morgan fingerprint density at radius 2 is 1.62 bits per heavy atom. The molecule has 0 aromatic heterocycles. The predicted octanol–water partition coefficient (Wildman–Crippen LogP) is 4.76. The van der Waals surface area contributed by atoms with Crippen LogP contribution >= 0.6 is 11.6 Å². The molecule has 29 heavy (non-hydrogen) atoms. The highest BCUT2D eigenvalue weighted by Gasteiger charge is 2.31. The maximum Gasteiger partial charge on any atom is 0.278 e. The van der Waals surface area contributed by atoms with E-state index in [0.717, 1.165) is 15.4 Å². The standard InChI is InChI=1S/C22H20ClNO4S/c1-16-8-11-19(12-9-16)24(29(26,27)20-6-4-3-5-7-20)22(25)15-28-21-13-10-18(23)14-17(21)2/h3-14H,15H2,1-2H3. The molecule has 150 valence electrons. The third-order valence-electron chi connectivity index (χ3n) is 4.26. The van der Waals surface area contributed by atoms with Gasteiger partial charge in [0.1, 0.15) is 5.75 Å². The second kappa shape index (κ2) is 8.68. The second-order valence-corrected chi connectivity index (χ2v) is 8.73. The minimum Gasteiger partial charge on any atom is -0.483 e. The van der Waals surface area contributed by atoms with Gasteiger partial charge in [-0.15, -0.1) is 0 Å². The van der Waals surface area contributed by atoms with E-state index in [2.05, 4.69) is 0 Å². The smallest absolute Gasteiger partial charge is 0.278 e. The van der Waals surface area contributed by atoms with Crippen molar-refractivity contribution in [3.8, 4) is 5.75 Å². The van der Waals surface area contributed by atoms with Gasteiger partial charge in [0, 0.05) is 5.02 Å². The molecular weight excluding hydrogens is 410 g/mol. The molecule has 0 bridgehead atoms. The van der Waals surface area contributed by atoms with Crippen LogP contribution < -0.4 is 9.04 Å². The zero-order chi connectivity index (χ0) is 21.0. The van der Waals surface area contributed by atoms with Crippen LogP contribution in [0.2, 0.25) is 5.02 Å². The van der Waals surface area contributed by atoms with Crippen LogP contribution in [0.5, 0.6) is 5.75 Å². The molecule has 0 saturated carbocycles. The Morgan fingerprint density at radius 1 is 0.966 bits per heavy atom. The van der Waals surface area contributed by atoms with Gasteiger partial charge in [0.15, 0.2) is 6.61 Å². The van der Waals surface area contributed by atoms with Crippen LogP contribution in [0, 0.1) is 13.8 Å². The van der Waals surface area contributed by atoms with Gasteiger partial charge < -0.3 is 4.74 Å². The molecule has 0 aliphatic heterocycles. The lowest BCUT2D eigenvalue weighted by molar-refractivity contribution is -0.119. The molecule has 0 spiro atoms. The molecule has 0 unspecified atom stereocenters. The predicted molar refractivity (Wildman–Crippen MR) is 114 cm³/mol. The van der Waals surface area contributed by atoms with Crippen LogP contribution in [0.25, 0.3) is 0 Å². The van der Waals surface area contributed by atoms with Gasteiger partial charge in [0.25, 0.3) is 15.9 Å². The van der Waals surface area contributed by atoms with Crippen molar-refractivity contribution in [3.63, 3.8) is 0 Å². The number of amides is 1. The third-order valence-corrected chi connectivity index (χ3v) is 6.26. The largest absolute Gasteiger partial charge is 0.483 e. The van der Waals surface area contributed by atoms with Crippen molar-refractivity contribution in [1.82, 2.24) is 0 Å². The van der Waals surface area contributed by atoms with Crippen molar-refractivity contribution in [2.24, 2.45) is 0 Å². The Labute approximate surface area is 175 Å². The maximum absolute atomic E-state index is 13.2. The summed E-state index contributed by atoms with van der Waals surface area (Å²) >= 11 is 5.94. The number of sulfonamides is 1. The van der Waals surface area contributed by atoms with E-state index < -0.39 is 22.5 Å². The molecule has 7 heteroatoms. The third kappa shape index (κ3) is 4.78. The average Bonchev–Trinajstić information content (AvgIpc) is 2.69. The summed E-state index contributed by atoms with van der Waals surface area (Å²) in [5.74, 6) is -0.240. The fraction of sp³-hybridized carbons (Fsp3) is 0.136. The number of hydrogen-bond acceptors (Lipinski definition) is 4. The Morgan fingerprint density at radius 3 is 2.24 bits per heavy atom. The molecule has 0 saturated heterocycles. The first kappa shape index (κ1) is 20.9. The molecule has 0 heterocycles. The summed E-state index contributed by atoms with van der Waals surface area (Å²) in [5.41, 5.74) is 1.95. The van der Waals surface area contributed by atoms with Crippen LogP contribution in [0.1, 0.15) is 11.1 Å². The Hall–Kier alpha value is -2.83. The summed E-state index contributed by atoms with van der Waals surface area (Å²) in [5, 5.41) is 0.550. The quantitative estimate of drug-likeness (QED) is 0.566. The summed E-state index contributed by atoms with van der Waals surface area (Å²) in [4.78, 5) is 13.0. The van der Waals surface area contributed by atoms with E-state index in [1.165, 1.54) is 12.1 Å². The maximum atomic E-state index is 13.2. The molecule has 0 aliphatic carbocycles. The first-order valence-electron chi connectivity index (χ1n) is 8.88. The van der Waals surface area contributed by atoms with Crippen molar-refractivity contribution in [2.75, 3.05) is 10.9 Å². The lowest BCUT2D eigenvalue weighted by Gasteiger charge is -2.23. The summed E-state index contributed by atoms with van der Waals surface area (Å²) in [6.07, 6.45) is 0. The Balaban J connectivity index is 1.94. The van der Waals surface area contributed by atoms with Crippen LogP contribution in [-0.2, 0) is 14.8 Å². The molecule has 0 radical (unpaired) electrons. The van der Waals surface area contributed by atoms with Gasteiger partial charge in [-0.1, -0.05) is 47.5 Å². The molecule has 0 N–H and O–H groups in total. The molecule has 0 aliphatic rings.